The Morgan fingerprint density at radius 1 is 0.865 bits per heavy atom. The highest BCUT2D eigenvalue weighted by molar-refractivity contribution is 7.98. The molecule has 0 bridgehead atoms. The molecule has 0 aromatic heterocycles. The number of nitrogens with two attached hydrogens (primary N) is 2. The predicted octanol–water partition coefficient (Wildman–Crippen LogP) is -1.41. The number of carbonyl (C=O) groups is 6. The zero-order chi connectivity index (χ0) is 28.0. The van der Waals surface area contributed by atoms with Crippen LogP contribution in [0, 0.1) is 0 Å². The van der Waals surface area contributed by atoms with Gasteiger partial charge >= 0.3 is 11.9 Å². The van der Waals surface area contributed by atoms with Crippen LogP contribution in [-0.4, -0.2) is 82.0 Å². The number of carboxylic acids is 2. The van der Waals surface area contributed by atoms with Gasteiger partial charge in [-0.2, -0.15) is 11.8 Å². The summed E-state index contributed by atoms with van der Waals surface area (Å²) < 4.78 is 0. The lowest BCUT2D eigenvalue weighted by molar-refractivity contribution is -0.143. The molecule has 0 saturated carbocycles. The van der Waals surface area contributed by atoms with Crippen molar-refractivity contribution in [3.8, 4) is 0 Å². The summed E-state index contributed by atoms with van der Waals surface area (Å²) in [4.78, 5) is 72.3. The van der Waals surface area contributed by atoms with Crippen molar-refractivity contribution in [2.24, 2.45) is 11.5 Å². The predicted molar refractivity (Wildman–Crippen MR) is 135 cm³/mol. The second-order valence-corrected chi connectivity index (χ2v) is 9.19. The number of amides is 4. The van der Waals surface area contributed by atoms with E-state index < -0.39 is 72.6 Å². The maximum Gasteiger partial charge on any atom is 0.326 e. The van der Waals surface area contributed by atoms with Crippen molar-refractivity contribution in [1.29, 1.82) is 0 Å². The standard InChI is InChI=1S/C23H33N5O8S/c1-37-10-9-14(24)20(32)26-15(7-8-19(30)31)21(33)27-16(11-13-5-3-2-4-6-13)22(34)28-17(23(35)36)12-18(25)29/h2-6,14-17H,7-12,24H2,1H3,(H2,25,29)(H,26,32)(H,27,33)(H,28,34)(H,30,31)(H,35,36). The van der Waals surface area contributed by atoms with E-state index >= 15 is 0 Å². The molecule has 1 aromatic rings. The maximum absolute atomic E-state index is 13.1. The minimum Gasteiger partial charge on any atom is -0.481 e. The number of aliphatic carboxylic acids is 2. The van der Waals surface area contributed by atoms with Crippen molar-refractivity contribution in [3.05, 3.63) is 35.9 Å². The lowest BCUT2D eigenvalue weighted by Crippen LogP contribution is -2.58. The van der Waals surface area contributed by atoms with Crippen LogP contribution in [0.1, 0.15) is 31.2 Å². The molecule has 4 atom stereocenters. The average Bonchev–Trinajstić information content (AvgIpc) is 2.83. The normalized spacial score (nSPS) is 13.9. The number of hydrogen-bond donors (Lipinski definition) is 7. The summed E-state index contributed by atoms with van der Waals surface area (Å²) in [6, 6.07) is 3.30. The van der Waals surface area contributed by atoms with E-state index in [4.69, 9.17) is 16.6 Å². The van der Waals surface area contributed by atoms with Gasteiger partial charge in [0.15, 0.2) is 0 Å². The Balaban J connectivity index is 3.13. The number of carbonyl (C=O) groups excluding carboxylic acids is 4. The second kappa shape index (κ2) is 16.2. The smallest absolute Gasteiger partial charge is 0.326 e. The van der Waals surface area contributed by atoms with Crippen molar-refractivity contribution >= 4 is 47.3 Å². The molecule has 14 heteroatoms. The van der Waals surface area contributed by atoms with Crippen LogP contribution in [0.25, 0.3) is 0 Å². The van der Waals surface area contributed by atoms with Gasteiger partial charge in [-0.1, -0.05) is 30.3 Å². The van der Waals surface area contributed by atoms with E-state index in [2.05, 4.69) is 16.0 Å². The molecule has 0 spiro atoms. The molecule has 1 rings (SSSR count). The molecule has 37 heavy (non-hydrogen) atoms. The SMILES string of the molecule is CSCCC(N)C(=O)NC(CCC(=O)O)C(=O)NC(Cc1ccccc1)C(=O)NC(CC(N)=O)C(=O)O. The molecule has 13 nitrogen and oxygen atoms in total. The summed E-state index contributed by atoms with van der Waals surface area (Å²) in [7, 11) is 0. The molecule has 0 aliphatic heterocycles. The Bertz CT molecular complexity index is 962. The largest absolute Gasteiger partial charge is 0.481 e. The molecule has 1 aromatic carbocycles. The highest BCUT2D eigenvalue weighted by atomic mass is 32.2. The van der Waals surface area contributed by atoms with Crippen LogP contribution in [0.4, 0.5) is 0 Å². The van der Waals surface area contributed by atoms with Crippen molar-refractivity contribution < 1.29 is 39.0 Å². The fourth-order valence-electron chi connectivity index (χ4n) is 3.20. The van der Waals surface area contributed by atoms with Gasteiger partial charge in [0, 0.05) is 12.8 Å². The van der Waals surface area contributed by atoms with Gasteiger partial charge in [-0.3, -0.25) is 24.0 Å². The molecule has 0 heterocycles. The summed E-state index contributed by atoms with van der Waals surface area (Å²) in [5, 5.41) is 25.5. The fourth-order valence-corrected chi connectivity index (χ4v) is 3.69. The highest BCUT2D eigenvalue weighted by Crippen LogP contribution is 2.07. The maximum atomic E-state index is 13.1. The average molecular weight is 540 g/mol. The van der Waals surface area contributed by atoms with E-state index in [0.717, 1.165) is 0 Å². The van der Waals surface area contributed by atoms with Crippen LogP contribution in [0.5, 0.6) is 0 Å². The molecule has 9 N–H and O–H groups in total. The Morgan fingerprint density at radius 3 is 1.97 bits per heavy atom. The lowest BCUT2D eigenvalue weighted by atomic mass is 10.0. The van der Waals surface area contributed by atoms with Crippen LogP contribution in [-0.2, 0) is 35.2 Å². The van der Waals surface area contributed by atoms with Crippen molar-refractivity contribution in [2.75, 3.05) is 12.0 Å². The Labute approximate surface area is 218 Å². The Kier molecular flexibility index (Phi) is 13.7. The number of hydrogen-bond acceptors (Lipinski definition) is 8. The third kappa shape index (κ3) is 12.2. The van der Waals surface area contributed by atoms with Gasteiger partial charge in [0.1, 0.15) is 18.1 Å². The van der Waals surface area contributed by atoms with Crippen LogP contribution < -0.4 is 27.4 Å². The monoisotopic (exact) mass is 539 g/mol. The van der Waals surface area contributed by atoms with Gasteiger partial charge in [-0.15, -0.1) is 0 Å². The number of thioether (sulfide) groups is 1. The van der Waals surface area contributed by atoms with Gasteiger partial charge in [-0.25, -0.2) is 4.79 Å². The minimum absolute atomic E-state index is 0.0614. The quantitative estimate of drug-likeness (QED) is 0.122. The van der Waals surface area contributed by atoms with Crippen LogP contribution in [0.15, 0.2) is 30.3 Å². The first-order valence-corrected chi connectivity index (χ1v) is 12.8. The zero-order valence-electron chi connectivity index (χ0n) is 20.3. The molecule has 204 valence electrons. The van der Waals surface area contributed by atoms with Gasteiger partial charge in [0.25, 0.3) is 0 Å². The number of carboxylic acid groups (broad SMARTS) is 2. The Morgan fingerprint density at radius 2 is 1.43 bits per heavy atom. The zero-order valence-corrected chi connectivity index (χ0v) is 21.2. The topological polar surface area (TPSA) is 231 Å². The fraction of sp³-hybridized carbons (Fsp3) is 0.478. The summed E-state index contributed by atoms with van der Waals surface area (Å²) in [6.07, 6.45) is 0.709. The van der Waals surface area contributed by atoms with E-state index in [1.165, 1.54) is 11.8 Å². The van der Waals surface area contributed by atoms with Crippen molar-refractivity contribution in [1.82, 2.24) is 16.0 Å². The first-order chi connectivity index (χ1) is 17.4. The highest BCUT2D eigenvalue weighted by Gasteiger charge is 2.31. The first kappa shape index (κ1) is 31.4. The third-order valence-electron chi connectivity index (χ3n) is 5.19. The van der Waals surface area contributed by atoms with Gasteiger partial charge in [0.05, 0.1) is 12.5 Å². The number of rotatable bonds is 17. The van der Waals surface area contributed by atoms with Gasteiger partial charge in [0.2, 0.25) is 23.6 Å². The Hall–Kier alpha value is -3.65. The second-order valence-electron chi connectivity index (χ2n) is 8.20. The van der Waals surface area contributed by atoms with Gasteiger partial charge in [-0.05, 0) is 30.4 Å². The molecule has 4 unspecified atom stereocenters. The van der Waals surface area contributed by atoms with E-state index in [1.807, 2.05) is 6.26 Å². The minimum atomic E-state index is -1.63. The van der Waals surface area contributed by atoms with Crippen molar-refractivity contribution in [2.45, 2.75) is 56.3 Å². The van der Waals surface area contributed by atoms with E-state index in [0.29, 0.717) is 17.7 Å². The summed E-state index contributed by atoms with van der Waals surface area (Å²) in [6.45, 7) is 0. The first-order valence-electron chi connectivity index (χ1n) is 11.4. The van der Waals surface area contributed by atoms with E-state index in [-0.39, 0.29) is 12.8 Å². The summed E-state index contributed by atoms with van der Waals surface area (Å²) in [5.74, 6) is -5.48. The molecule has 0 saturated heterocycles. The van der Waals surface area contributed by atoms with E-state index in [9.17, 15) is 33.9 Å². The van der Waals surface area contributed by atoms with Crippen LogP contribution >= 0.6 is 11.8 Å². The number of nitrogens with one attached hydrogen (secondary N) is 3. The molecule has 4 amide bonds. The molecule has 0 aliphatic rings. The molecule has 0 aliphatic carbocycles. The molecular formula is C23H33N5O8S. The van der Waals surface area contributed by atoms with Crippen LogP contribution in [0.3, 0.4) is 0 Å². The van der Waals surface area contributed by atoms with Crippen molar-refractivity contribution in [3.63, 3.8) is 0 Å². The summed E-state index contributed by atoms with van der Waals surface area (Å²) in [5.41, 5.74) is 11.5. The molecule has 0 radical (unpaired) electrons. The molecule has 0 fully saturated rings. The van der Waals surface area contributed by atoms with Crippen LogP contribution in [0.2, 0.25) is 0 Å². The number of primary amides is 1. The summed E-state index contributed by atoms with van der Waals surface area (Å²) >= 11 is 1.48. The molecular weight excluding hydrogens is 506 g/mol. The third-order valence-corrected chi connectivity index (χ3v) is 5.83. The van der Waals surface area contributed by atoms with Gasteiger partial charge < -0.3 is 37.6 Å². The lowest BCUT2D eigenvalue weighted by Gasteiger charge is -2.25. The van der Waals surface area contributed by atoms with E-state index in [1.54, 1.807) is 30.3 Å². The number of benzene rings is 1.